The number of carboxylic acid groups (broad SMARTS) is 2. The topological polar surface area (TPSA) is 169 Å². The molecule has 0 aliphatic heterocycles. The first kappa shape index (κ1) is 30.6. The molecule has 222 valence electrons. The third-order valence-electron chi connectivity index (χ3n) is 6.27. The molecule has 0 spiro atoms. The van der Waals surface area contributed by atoms with E-state index in [1.807, 2.05) is 12.1 Å². The summed E-state index contributed by atoms with van der Waals surface area (Å²) in [4.78, 5) is 45.5. The molecule has 0 atom stereocenters. The molecule has 0 fully saturated rings. The van der Waals surface area contributed by atoms with Gasteiger partial charge in [0.25, 0.3) is 0 Å². The van der Waals surface area contributed by atoms with Crippen molar-refractivity contribution in [2.45, 2.75) is 19.4 Å². The average molecular weight is 589 g/mol. The third kappa shape index (κ3) is 8.80. The Kier molecular flexibility index (Phi) is 10.3. The Morgan fingerprint density at radius 3 is 1.72 bits per heavy atom. The van der Waals surface area contributed by atoms with E-state index in [0.717, 1.165) is 23.3 Å². The molecule has 0 saturated heterocycles. The molecule has 0 saturated carbocycles. The van der Waals surface area contributed by atoms with Gasteiger partial charge in [-0.3, -0.25) is 0 Å². The lowest BCUT2D eigenvalue weighted by Crippen LogP contribution is -2.14. The molecule has 11 nitrogen and oxygen atoms in total. The molecule has 4 aromatic rings. The number of aromatic carboxylic acids is 2. The van der Waals surface area contributed by atoms with Crippen molar-refractivity contribution < 1.29 is 54.1 Å². The SMILES string of the molecule is O=C(O)c1ccc(O)cc1COOc1ccc(CCOCCc2ccc(OC(=O)c3cc(O)ccc3C(=O)O)cc2)cc1. The Balaban J connectivity index is 1.16. The van der Waals surface area contributed by atoms with Crippen LogP contribution in [0.4, 0.5) is 0 Å². The van der Waals surface area contributed by atoms with Gasteiger partial charge in [0, 0.05) is 5.56 Å². The molecule has 43 heavy (non-hydrogen) atoms. The Hall–Kier alpha value is -5.39. The number of aromatic hydroxyl groups is 2. The lowest BCUT2D eigenvalue weighted by atomic mass is 10.1. The van der Waals surface area contributed by atoms with Gasteiger partial charge in [0.2, 0.25) is 0 Å². The summed E-state index contributed by atoms with van der Waals surface area (Å²) < 4.78 is 11.0. The van der Waals surface area contributed by atoms with E-state index in [2.05, 4.69) is 0 Å². The van der Waals surface area contributed by atoms with Crippen molar-refractivity contribution in [3.63, 3.8) is 0 Å². The molecule has 4 N–H and O–H groups in total. The minimum Gasteiger partial charge on any atom is -0.508 e. The molecule has 0 aromatic heterocycles. The van der Waals surface area contributed by atoms with Crippen molar-refractivity contribution in [3.8, 4) is 23.0 Å². The van der Waals surface area contributed by atoms with Crippen LogP contribution in [0.25, 0.3) is 0 Å². The van der Waals surface area contributed by atoms with Gasteiger partial charge in [0.15, 0.2) is 5.75 Å². The van der Waals surface area contributed by atoms with Gasteiger partial charge in [0.1, 0.15) is 23.9 Å². The van der Waals surface area contributed by atoms with E-state index in [9.17, 15) is 34.8 Å². The summed E-state index contributed by atoms with van der Waals surface area (Å²) in [5.74, 6) is -2.98. The van der Waals surface area contributed by atoms with Crippen molar-refractivity contribution in [2.24, 2.45) is 0 Å². The van der Waals surface area contributed by atoms with E-state index >= 15 is 0 Å². The Morgan fingerprint density at radius 1 is 0.605 bits per heavy atom. The maximum Gasteiger partial charge on any atom is 0.344 e. The van der Waals surface area contributed by atoms with Crippen molar-refractivity contribution in [2.75, 3.05) is 13.2 Å². The number of esters is 1. The molecule has 0 heterocycles. The van der Waals surface area contributed by atoms with Crippen LogP contribution in [0.15, 0.2) is 84.9 Å². The lowest BCUT2D eigenvalue weighted by molar-refractivity contribution is -0.217. The van der Waals surface area contributed by atoms with Gasteiger partial charge in [0.05, 0.1) is 29.9 Å². The number of carbonyl (C=O) groups is 3. The molecule has 0 aliphatic rings. The van der Waals surface area contributed by atoms with E-state index in [1.165, 1.54) is 24.3 Å². The minimum atomic E-state index is -1.31. The molecule has 0 bridgehead atoms. The zero-order valence-corrected chi connectivity index (χ0v) is 22.8. The first-order valence-electron chi connectivity index (χ1n) is 13.1. The van der Waals surface area contributed by atoms with Crippen LogP contribution < -0.4 is 9.62 Å². The number of carbonyl (C=O) groups excluding carboxylic acids is 1. The zero-order chi connectivity index (χ0) is 30.8. The lowest BCUT2D eigenvalue weighted by Gasteiger charge is -2.09. The molecule has 0 unspecified atom stereocenters. The number of phenolic OH excluding ortho intramolecular Hbond substituents is 2. The van der Waals surface area contributed by atoms with Crippen molar-refractivity contribution >= 4 is 17.9 Å². The van der Waals surface area contributed by atoms with Gasteiger partial charge in [-0.15, -0.1) is 0 Å². The van der Waals surface area contributed by atoms with E-state index < -0.39 is 17.9 Å². The molecular weight excluding hydrogens is 560 g/mol. The fourth-order valence-corrected chi connectivity index (χ4v) is 4.04. The first-order chi connectivity index (χ1) is 20.7. The maximum absolute atomic E-state index is 12.4. The molecule has 0 aliphatic carbocycles. The van der Waals surface area contributed by atoms with Gasteiger partial charge in [-0.1, -0.05) is 24.3 Å². The molecule has 0 amide bonds. The van der Waals surface area contributed by atoms with Gasteiger partial charge in [-0.05, 0) is 84.6 Å². The maximum atomic E-state index is 12.4. The summed E-state index contributed by atoms with van der Waals surface area (Å²) in [5, 5.41) is 37.7. The molecule has 4 rings (SSSR count). The summed E-state index contributed by atoms with van der Waals surface area (Å²) in [6.07, 6.45) is 1.28. The minimum absolute atomic E-state index is 0.0123. The van der Waals surface area contributed by atoms with Crippen LogP contribution in [-0.4, -0.2) is 51.5 Å². The van der Waals surface area contributed by atoms with Gasteiger partial charge in [-0.2, -0.15) is 4.89 Å². The summed E-state index contributed by atoms with van der Waals surface area (Å²) in [6, 6.07) is 21.1. The van der Waals surface area contributed by atoms with Crippen LogP contribution in [0.2, 0.25) is 0 Å². The van der Waals surface area contributed by atoms with Crippen LogP contribution in [-0.2, 0) is 29.1 Å². The van der Waals surface area contributed by atoms with Crippen molar-refractivity contribution in [1.29, 1.82) is 0 Å². The fraction of sp³-hybridized carbons (Fsp3) is 0.156. The summed E-state index contributed by atoms with van der Waals surface area (Å²) in [5.41, 5.74) is 1.74. The van der Waals surface area contributed by atoms with Crippen LogP contribution >= 0.6 is 0 Å². The molecule has 0 radical (unpaired) electrons. The second-order valence-electron chi connectivity index (χ2n) is 9.32. The average Bonchev–Trinajstić information content (AvgIpc) is 2.98. The predicted octanol–water partition coefficient (Wildman–Crippen LogP) is 5.03. The third-order valence-corrected chi connectivity index (χ3v) is 6.27. The quantitative estimate of drug-likeness (QED) is 0.0513. The second-order valence-corrected chi connectivity index (χ2v) is 9.32. The van der Waals surface area contributed by atoms with Crippen molar-refractivity contribution in [3.05, 3.63) is 118 Å². The highest BCUT2D eigenvalue weighted by Gasteiger charge is 2.19. The summed E-state index contributed by atoms with van der Waals surface area (Å²) >= 11 is 0. The van der Waals surface area contributed by atoms with Crippen LogP contribution in [0.5, 0.6) is 23.0 Å². The highest BCUT2D eigenvalue weighted by Crippen LogP contribution is 2.21. The number of carboxylic acids is 2. The predicted molar refractivity (Wildman–Crippen MR) is 152 cm³/mol. The molecule has 11 heteroatoms. The summed E-state index contributed by atoms with van der Waals surface area (Å²) in [6.45, 7) is 0.788. The highest BCUT2D eigenvalue weighted by molar-refractivity contribution is 6.03. The van der Waals surface area contributed by atoms with Gasteiger partial charge < -0.3 is 34.8 Å². The number of phenols is 2. The number of benzene rings is 4. The Morgan fingerprint density at radius 2 is 1.14 bits per heavy atom. The largest absolute Gasteiger partial charge is 0.508 e. The number of hydrogen-bond donors (Lipinski definition) is 4. The Bertz CT molecular complexity index is 1580. The monoisotopic (exact) mass is 588 g/mol. The Labute approximate surface area is 246 Å². The van der Waals surface area contributed by atoms with E-state index in [4.69, 9.17) is 19.2 Å². The van der Waals surface area contributed by atoms with Gasteiger partial charge >= 0.3 is 17.9 Å². The van der Waals surface area contributed by atoms with Crippen LogP contribution in [0, 0.1) is 0 Å². The number of ether oxygens (including phenoxy) is 2. The van der Waals surface area contributed by atoms with Crippen LogP contribution in [0.3, 0.4) is 0 Å². The first-order valence-corrected chi connectivity index (χ1v) is 13.1. The highest BCUT2D eigenvalue weighted by atomic mass is 17.2. The number of rotatable bonds is 14. The zero-order valence-electron chi connectivity index (χ0n) is 22.8. The number of hydrogen-bond acceptors (Lipinski definition) is 9. The summed E-state index contributed by atoms with van der Waals surface area (Å²) in [7, 11) is 0. The van der Waals surface area contributed by atoms with Crippen LogP contribution in [0.1, 0.15) is 47.8 Å². The van der Waals surface area contributed by atoms with Gasteiger partial charge in [-0.25, -0.2) is 14.4 Å². The standard InChI is InChI=1S/C32H28O11/c33-23-5-11-27(30(35)36)22(17-23)19-41-43-26-9-3-21(4-10-26)14-16-40-15-13-20-1-7-25(8-2-20)42-32(39)29-18-24(34)6-12-28(29)31(37)38/h1-12,17-18,33-34H,13-16,19H2,(H,35,36)(H,37,38). The smallest absolute Gasteiger partial charge is 0.344 e. The van der Waals surface area contributed by atoms with Crippen molar-refractivity contribution in [1.82, 2.24) is 0 Å². The molecular formula is C32H28O11. The normalized spacial score (nSPS) is 10.7. The second kappa shape index (κ2) is 14.5. The molecule has 4 aromatic carbocycles. The fourth-order valence-electron chi connectivity index (χ4n) is 4.04. The van der Waals surface area contributed by atoms with E-state index in [0.29, 0.717) is 31.8 Å². The van der Waals surface area contributed by atoms with E-state index in [-0.39, 0.29) is 46.1 Å². The van der Waals surface area contributed by atoms with E-state index in [1.54, 1.807) is 36.4 Å².